The number of nitrogens with zero attached hydrogens (tertiary/aromatic N) is 1. The smallest absolute Gasteiger partial charge is 0.260 e. The quantitative estimate of drug-likeness (QED) is 0.236. The van der Waals surface area contributed by atoms with Gasteiger partial charge in [-0.1, -0.05) is 23.7 Å². The summed E-state index contributed by atoms with van der Waals surface area (Å²) >= 11 is 6.22. The van der Waals surface area contributed by atoms with Crippen LogP contribution in [0.25, 0.3) is 39.1 Å². The number of aromatic nitrogens is 3. The maximum Gasteiger partial charge on any atom is 0.260 e. The Kier molecular flexibility index (Phi) is 5.66. The molecule has 0 atom stereocenters. The number of carbonyl (C=O) groups is 1. The molecule has 0 saturated heterocycles. The summed E-state index contributed by atoms with van der Waals surface area (Å²) in [6.07, 6.45) is 2.52. The van der Waals surface area contributed by atoms with Crippen molar-refractivity contribution in [1.29, 1.82) is 0 Å². The third-order valence-electron chi connectivity index (χ3n) is 5.54. The number of benzene rings is 3. The molecule has 6 nitrogen and oxygen atoms in total. The van der Waals surface area contributed by atoms with Crippen LogP contribution in [-0.2, 0) is 0 Å². The third kappa shape index (κ3) is 4.20. The van der Waals surface area contributed by atoms with E-state index in [4.69, 9.17) is 16.3 Å². The molecule has 5 rings (SSSR count). The number of aromatic amines is 2. The maximum absolute atomic E-state index is 13.5. The fraction of sp³-hybridized carbons (Fsp3) is 0.0385. The van der Waals surface area contributed by atoms with Crippen molar-refractivity contribution in [3.05, 3.63) is 99.1 Å². The zero-order valence-corrected chi connectivity index (χ0v) is 18.9. The largest absolute Gasteiger partial charge is 0.497 e. The summed E-state index contributed by atoms with van der Waals surface area (Å²) < 4.78 is 32.2. The summed E-state index contributed by atoms with van der Waals surface area (Å²) in [6, 6.07) is 13.9. The first kappa shape index (κ1) is 22.5. The zero-order valence-electron chi connectivity index (χ0n) is 18.2. The standard InChI is InChI=1S/C26H16ClF2N3O3/c1-35-15-5-2-13(3-6-15)24-16-10-14(27)4-7-19(16)32-26(34)25(24)22(33)8-9-23-30-20-11-17(28)18(29)12-21(20)31-23/h2-12H,1H3,(H,30,31)(H,32,34)/b9-8+. The van der Waals surface area contributed by atoms with Crippen LogP contribution in [0.15, 0.2) is 65.5 Å². The number of hydrogen-bond donors (Lipinski definition) is 2. The molecular weight excluding hydrogens is 476 g/mol. The highest BCUT2D eigenvalue weighted by Gasteiger charge is 2.20. The summed E-state index contributed by atoms with van der Waals surface area (Å²) in [5.41, 5.74) is 1.37. The summed E-state index contributed by atoms with van der Waals surface area (Å²) in [7, 11) is 1.54. The minimum atomic E-state index is -1.03. The molecule has 0 unspecified atom stereocenters. The van der Waals surface area contributed by atoms with Gasteiger partial charge in [-0.15, -0.1) is 0 Å². The maximum atomic E-state index is 13.5. The lowest BCUT2D eigenvalue weighted by molar-refractivity contribution is 0.104. The van der Waals surface area contributed by atoms with Crippen LogP contribution in [-0.4, -0.2) is 27.8 Å². The summed E-state index contributed by atoms with van der Waals surface area (Å²) in [4.78, 5) is 36.0. The van der Waals surface area contributed by atoms with Gasteiger partial charge in [-0.3, -0.25) is 9.59 Å². The number of ketones is 1. The Morgan fingerprint density at radius 1 is 1.00 bits per heavy atom. The fourth-order valence-corrected chi connectivity index (χ4v) is 4.07. The van der Waals surface area contributed by atoms with Gasteiger partial charge in [-0.25, -0.2) is 13.8 Å². The number of methoxy groups -OCH3 is 1. The number of H-pyrrole nitrogens is 2. The van der Waals surface area contributed by atoms with Gasteiger partial charge in [0.25, 0.3) is 5.56 Å². The van der Waals surface area contributed by atoms with E-state index in [1.165, 1.54) is 19.3 Å². The van der Waals surface area contributed by atoms with Gasteiger partial charge in [-0.05, 0) is 48.0 Å². The number of carbonyl (C=O) groups excluding carboxylic acids is 1. The van der Waals surface area contributed by atoms with Crippen molar-refractivity contribution in [3.8, 4) is 16.9 Å². The van der Waals surface area contributed by atoms with E-state index in [9.17, 15) is 18.4 Å². The molecule has 0 amide bonds. The summed E-state index contributed by atoms with van der Waals surface area (Å²) in [6.45, 7) is 0. The first-order chi connectivity index (χ1) is 16.8. The minimum absolute atomic E-state index is 0.0885. The minimum Gasteiger partial charge on any atom is -0.497 e. The topological polar surface area (TPSA) is 87.8 Å². The number of allylic oxidation sites excluding steroid dienone is 1. The molecule has 0 saturated carbocycles. The van der Waals surface area contributed by atoms with Gasteiger partial charge < -0.3 is 14.7 Å². The first-order valence-electron chi connectivity index (χ1n) is 10.4. The van der Waals surface area contributed by atoms with Crippen LogP contribution in [0.1, 0.15) is 16.2 Å². The molecular formula is C26H16ClF2N3O3. The predicted octanol–water partition coefficient (Wildman–Crippen LogP) is 5.91. The second-order valence-corrected chi connectivity index (χ2v) is 8.16. The van der Waals surface area contributed by atoms with Crippen LogP contribution in [0.2, 0.25) is 5.02 Å². The Bertz CT molecular complexity index is 1670. The molecule has 0 spiro atoms. The van der Waals surface area contributed by atoms with E-state index in [1.807, 2.05) is 0 Å². The molecule has 0 aliphatic carbocycles. The van der Waals surface area contributed by atoms with E-state index in [-0.39, 0.29) is 22.4 Å². The lowest BCUT2D eigenvalue weighted by Crippen LogP contribution is -2.18. The van der Waals surface area contributed by atoms with Gasteiger partial charge in [-0.2, -0.15) is 0 Å². The lowest BCUT2D eigenvalue weighted by Gasteiger charge is -2.12. The molecule has 3 aromatic carbocycles. The van der Waals surface area contributed by atoms with Crippen LogP contribution < -0.4 is 10.3 Å². The van der Waals surface area contributed by atoms with Crippen LogP contribution in [0.5, 0.6) is 5.75 Å². The van der Waals surface area contributed by atoms with Crippen molar-refractivity contribution < 1.29 is 18.3 Å². The highest BCUT2D eigenvalue weighted by atomic mass is 35.5. The number of ether oxygens (including phenoxy) is 1. The highest BCUT2D eigenvalue weighted by molar-refractivity contribution is 6.31. The molecule has 9 heteroatoms. The van der Waals surface area contributed by atoms with E-state index < -0.39 is 23.0 Å². The van der Waals surface area contributed by atoms with Gasteiger partial charge >= 0.3 is 0 Å². The Hall–Kier alpha value is -4.30. The van der Waals surface area contributed by atoms with Crippen molar-refractivity contribution in [2.75, 3.05) is 7.11 Å². The number of nitrogens with one attached hydrogen (secondary N) is 2. The van der Waals surface area contributed by atoms with Crippen molar-refractivity contribution in [1.82, 2.24) is 15.0 Å². The fourth-order valence-electron chi connectivity index (χ4n) is 3.90. The second kappa shape index (κ2) is 8.81. The molecule has 35 heavy (non-hydrogen) atoms. The van der Waals surface area contributed by atoms with Gasteiger partial charge in [0, 0.05) is 33.6 Å². The highest BCUT2D eigenvalue weighted by Crippen LogP contribution is 2.33. The van der Waals surface area contributed by atoms with Gasteiger partial charge in [0.1, 0.15) is 11.6 Å². The Balaban J connectivity index is 1.64. The van der Waals surface area contributed by atoms with Crippen molar-refractivity contribution in [2.24, 2.45) is 0 Å². The molecule has 2 aromatic heterocycles. The van der Waals surface area contributed by atoms with Gasteiger partial charge in [0.2, 0.25) is 0 Å². The van der Waals surface area contributed by atoms with Crippen molar-refractivity contribution in [3.63, 3.8) is 0 Å². The Morgan fingerprint density at radius 2 is 1.74 bits per heavy atom. The zero-order chi connectivity index (χ0) is 24.7. The SMILES string of the molecule is COc1ccc(-c2c(C(=O)/C=C/c3nc4cc(F)c(F)cc4[nH]3)c(=O)[nH]c3ccc(Cl)cc23)cc1. The number of halogens is 3. The average Bonchev–Trinajstić information content (AvgIpc) is 3.23. The summed E-state index contributed by atoms with van der Waals surface area (Å²) in [5.74, 6) is -1.81. The third-order valence-corrected chi connectivity index (χ3v) is 5.77. The first-order valence-corrected chi connectivity index (χ1v) is 10.8. The molecule has 2 N–H and O–H groups in total. The van der Waals surface area contributed by atoms with Gasteiger partial charge in [0.05, 0.1) is 23.7 Å². The molecule has 2 heterocycles. The molecule has 5 aromatic rings. The number of rotatable bonds is 5. The molecule has 0 fully saturated rings. The normalized spacial score (nSPS) is 11.5. The van der Waals surface area contributed by atoms with Crippen molar-refractivity contribution >= 4 is 45.4 Å². The van der Waals surface area contributed by atoms with Crippen LogP contribution in [0.3, 0.4) is 0 Å². The molecule has 0 bridgehead atoms. The predicted molar refractivity (Wildman–Crippen MR) is 131 cm³/mol. The number of pyridine rings is 1. The van der Waals surface area contributed by atoms with Crippen LogP contribution >= 0.6 is 11.6 Å². The van der Waals surface area contributed by atoms with Crippen LogP contribution in [0.4, 0.5) is 8.78 Å². The van der Waals surface area contributed by atoms with E-state index in [0.29, 0.717) is 32.8 Å². The van der Waals surface area contributed by atoms with E-state index in [2.05, 4.69) is 15.0 Å². The van der Waals surface area contributed by atoms with Gasteiger partial charge in [0.15, 0.2) is 17.4 Å². The number of imidazole rings is 1. The second-order valence-electron chi connectivity index (χ2n) is 7.73. The van der Waals surface area contributed by atoms with E-state index in [1.54, 1.807) is 42.5 Å². The lowest BCUT2D eigenvalue weighted by atomic mass is 9.94. The Morgan fingerprint density at radius 3 is 2.49 bits per heavy atom. The molecule has 0 radical (unpaired) electrons. The molecule has 0 aliphatic rings. The average molecular weight is 492 g/mol. The van der Waals surface area contributed by atoms with Crippen molar-refractivity contribution in [2.45, 2.75) is 0 Å². The number of fused-ring (bicyclic) bond motifs is 2. The van der Waals surface area contributed by atoms with E-state index >= 15 is 0 Å². The van der Waals surface area contributed by atoms with E-state index in [0.717, 1.165) is 12.1 Å². The Labute approximate surface area is 201 Å². The van der Waals surface area contributed by atoms with Crippen LogP contribution in [0, 0.1) is 11.6 Å². The molecule has 174 valence electrons. The molecule has 0 aliphatic heterocycles. The summed E-state index contributed by atoms with van der Waals surface area (Å²) in [5, 5.41) is 1.03. The monoisotopic (exact) mass is 491 g/mol. The number of hydrogen-bond acceptors (Lipinski definition) is 4.